The van der Waals surface area contributed by atoms with E-state index < -0.39 is 0 Å². The van der Waals surface area contributed by atoms with Crippen LogP contribution in [0.5, 0.6) is 5.75 Å². The molecule has 0 atom stereocenters. The molecule has 22 heavy (non-hydrogen) atoms. The van der Waals surface area contributed by atoms with Crippen molar-refractivity contribution in [2.24, 2.45) is 7.05 Å². The Morgan fingerprint density at radius 2 is 1.41 bits per heavy atom. The highest BCUT2D eigenvalue weighted by atomic mass is 16.5. The number of pyridine rings is 1. The molecule has 0 aliphatic carbocycles. The third-order valence-electron chi connectivity index (χ3n) is 3.75. The summed E-state index contributed by atoms with van der Waals surface area (Å²) in [6, 6.07) is 21.3. The van der Waals surface area contributed by atoms with Gasteiger partial charge >= 0.3 is 0 Å². The van der Waals surface area contributed by atoms with Gasteiger partial charge in [-0.2, -0.15) is 0 Å². The third kappa shape index (κ3) is 2.42. The van der Waals surface area contributed by atoms with Gasteiger partial charge in [-0.15, -0.1) is 0 Å². The SMILES string of the molecule is COc1cc(-c2ccccc2)n(C)c(=O)c1-c1ccccc1. The summed E-state index contributed by atoms with van der Waals surface area (Å²) in [6.45, 7) is 0. The first-order chi connectivity index (χ1) is 10.7. The van der Waals surface area contributed by atoms with Gasteiger partial charge in [-0.05, 0) is 11.1 Å². The fourth-order valence-electron chi connectivity index (χ4n) is 2.59. The Bertz CT molecular complexity index is 837. The number of aromatic nitrogens is 1. The molecule has 3 nitrogen and oxygen atoms in total. The average molecular weight is 291 g/mol. The minimum Gasteiger partial charge on any atom is -0.496 e. The Balaban J connectivity index is 2.28. The molecule has 1 aromatic heterocycles. The monoisotopic (exact) mass is 291 g/mol. The van der Waals surface area contributed by atoms with E-state index in [9.17, 15) is 4.79 Å². The van der Waals surface area contributed by atoms with Crippen molar-refractivity contribution in [2.75, 3.05) is 7.11 Å². The Labute approximate surface area is 129 Å². The average Bonchev–Trinajstić information content (AvgIpc) is 2.58. The van der Waals surface area contributed by atoms with E-state index in [1.165, 1.54) is 0 Å². The minimum atomic E-state index is -0.0654. The van der Waals surface area contributed by atoms with E-state index in [4.69, 9.17) is 4.74 Å². The van der Waals surface area contributed by atoms with Gasteiger partial charge in [0.05, 0.1) is 18.4 Å². The summed E-state index contributed by atoms with van der Waals surface area (Å²) >= 11 is 0. The first kappa shape index (κ1) is 14.1. The summed E-state index contributed by atoms with van der Waals surface area (Å²) < 4.78 is 7.15. The maximum absolute atomic E-state index is 12.8. The van der Waals surface area contributed by atoms with Gasteiger partial charge in [-0.25, -0.2) is 0 Å². The van der Waals surface area contributed by atoms with Crippen molar-refractivity contribution in [2.45, 2.75) is 0 Å². The van der Waals surface area contributed by atoms with E-state index >= 15 is 0 Å². The Morgan fingerprint density at radius 1 is 0.864 bits per heavy atom. The van der Waals surface area contributed by atoms with E-state index in [1.807, 2.05) is 66.7 Å². The molecule has 0 bridgehead atoms. The molecule has 0 saturated carbocycles. The Hall–Kier alpha value is -2.81. The van der Waals surface area contributed by atoms with Gasteiger partial charge in [-0.3, -0.25) is 4.79 Å². The van der Waals surface area contributed by atoms with Gasteiger partial charge in [0.25, 0.3) is 5.56 Å². The van der Waals surface area contributed by atoms with Crippen LogP contribution in [0.15, 0.2) is 71.5 Å². The normalized spacial score (nSPS) is 10.5. The highest BCUT2D eigenvalue weighted by molar-refractivity contribution is 5.73. The molecule has 1 heterocycles. The van der Waals surface area contributed by atoms with E-state index in [0.717, 1.165) is 16.8 Å². The Kier molecular flexibility index (Phi) is 3.79. The summed E-state index contributed by atoms with van der Waals surface area (Å²) in [5.74, 6) is 0.591. The predicted octanol–water partition coefficient (Wildman–Crippen LogP) is 3.73. The zero-order valence-corrected chi connectivity index (χ0v) is 12.6. The largest absolute Gasteiger partial charge is 0.496 e. The number of benzene rings is 2. The van der Waals surface area contributed by atoms with Crippen LogP contribution in [0.1, 0.15) is 0 Å². The first-order valence-electron chi connectivity index (χ1n) is 7.11. The van der Waals surface area contributed by atoms with Crippen molar-refractivity contribution in [1.29, 1.82) is 0 Å². The molecular formula is C19H17NO2. The quantitative estimate of drug-likeness (QED) is 0.736. The van der Waals surface area contributed by atoms with Crippen LogP contribution in [0.4, 0.5) is 0 Å². The standard InChI is InChI=1S/C19H17NO2/c1-20-16(14-9-5-3-6-10-14)13-17(22-2)18(19(20)21)15-11-7-4-8-12-15/h3-13H,1-2H3. The maximum Gasteiger partial charge on any atom is 0.262 e. The number of rotatable bonds is 3. The molecule has 3 aromatic rings. The van der Waals surface area contributed by atoms with Gasteiger partial charge in [0.2, 0.25) is 0 Å². The summed E-state index contributed by atoms with van der Waals surface area (Å²) in [5.41, 5.74) is 3.20. The maximum atomic E-state index is 12.8. The van der Waals surface area contributed by atoms with Gasteiger partial charge in [0, 0.05) is 13.1 Å². The van der Waals surface area contributed by atoms with Crippen LogP contribution in [0.3, 0.4) is 0 Å². The lowest BCUT2D eigenvalue weighted by molar-refractivity contribution is 0.415. The lowest BCUT2D eigenvalue weighted by Gasteiger charge is -2.15. The number of methoxy groups -OCH3 is 1. The van der Waals surface area contributed by atoms with Crippen molar-refractivity contribution in [1.82, 2.24) is 4.57 Å². The highest BCUT2D eigenvalue weighted by Crippen LogP contribution is 2.30. The number of hydrogen-bond donors (Lipinski definition) is 0. The molecule has 0 N–H and O–H groups in total. The molecule has 0 fully saturated rings. The second kappa shape index (κ2) is 5.90. The van der Waals surface area contributed by atoms with Gasteiger partial charge in [0.1, 0.15) is 5.75 Å². The van der Waals surface area contributed by atoms with Gasteiger partial charge in [-0.1, -0.05) is 60.7 Å². The number of nitrogens with zero attached hydrogens (tertiary/aromatic N) is 1. The van der Waals surface area contributed by atoms with Crippen molar-refractivity contribution in [3.05, 3.63) is 77.1 Å². The molecule has 2 aromatic carbocycles. The van der Waals surface area contributed by atoms with Crippen molar-refractivity contribution in [3.63, 3.8) is 0 Å². The molecule has 0 aliphatic rings. The third-order valence-corrected chi connectivity index (χ3v) is 3.75. The molecular weight excluding hydrogens is 274 g/mol. The second-order valence-electron chi connectivity index (χ2n) is 5.07. The summed E-state index contributed by atoms with van der Waals surface area (Å²) in [7, 11) is 3.38. The second-order valence-corrected chi connectivity index (χ2v) is 5.07. The number of hydrogen-bond acceptors (Lipinski definition) is 2. The first-order valence-corrected chi connectivity index (χ1v) is 7.11. The van der Waals surface area contributed by atoms with Crippen LogP contribution in [-0.2, 0) is 7.05 Å². The molecule has 0 spiro atoms. The van der Waals surface area contributed by atoms with Crippen LogP contribution in [0.2, 0.25) is 0 Å². The van der Waals surface area contributed by atoms with E-state index in [0.29, 0.717) is 11.3 Å². The van der Waals surface area contributed by atoms with Gasteiger partial charge < -0.3 is 9.30 Å². The molecule has 0 saturated heterocycles. The smallest absolute Gasteiger partial charge is 0.262 e. The van der Waals surface area contributed by atoms with E-state index in [-0.39, 0.29) is 5.56 Å². The molecule has 110 valence electrons. The van der Waals surface area contributed by atoms with Crippen molar-refractivity contribution >= 4 is 0 Å². The Morgan fingerprint density at radius 3 is 1.95 bits per heavy atom. The summed E-state index contributed by atoms with van der Waals surface area (Å²) in [6.07, 6.45) is 0. The molecule has 0 unspecified atom stereocenters. The fourth-order valence-corrected chi connectivity index (χ4v) is 2.59. The lowest BCUT2D eigenvalue weighted by Crippen LogP contribution is -2.21. The molecule has 0 amide bonds. The van der Waals surface area contributed by atoms with Gasteiger partial charge in [0.15, 0.2) is 0 Å². The lowest BCUT2D eigenvalue weighted by atomic mass is 10.0. The summed E-state index contributed by atoms with van der Waals surface area (Å²) in [5, 5.41) is 0. The van der Waals surface area contributed by atoms with Crippen molar-refractivity contribution in [3.8, 4) is 28.1 Å². The molecule has 0 radical (unpaired) electrons. The van der Waals surface area contributed by atoms with Crippen LogP contribution < -0.4 is 10.3 Å². The minimum absolute atomic E-state index is 0.0654. The van der Waals surface area contributed by atoms with Crippen LogP contribution in [0, 0.1) is 0 Å². The van der Waals surface area contributed by atoms with Crippen LogP contribution in [0.25, 0.3) is 22.4 Å². The predicted molar refractivity (Wildman–Crippen MR) is 89.1 cm³/mol. The zero-order valence-electron chi connectivity index (χ0n) is 12.6. The fraction of sp³-hybridized carbons (Fsp3) is 0.105. The van der Waals surface area contributed by atoms with Crippen molar-refractivity contribution < 1.29 is 4.74 Å². The van der Waals surface area contributed by atoms with Crippen LogP contribution >= 0.6 is 0 Å². The topological polar surface area (TPSA) is 31.2 Å². The van der Waals surface area contributed by atoms with E-state index in [2.05, 4.69) is 0 Å². The highest BCUT2D eigenvalue weighted by Gasteiger charge is 2.15. The summed E-state index contributed by atoms with van der Waals surface area (Å²) in [4.78, 5) is 12.8. The molecule has 3 heteroatoms. The zero-order chi connectivity index (χ0) is 15.5. The van der Waals surface area contributed by atoms with Crippen LogP contribution in [-0.4, -0.2) is 11.7 Å². The molecule has 3 rings (SSSR count). The number of ether oxygens (including phenoxy) is 1. The van der Waals surface area contributed by atoms with E-state index in [1.54, 1.807) is 18.7 Å². The molecule has 0 aliphatic heterocycles.